The Morgan fingerprint density at radius 2 is 1.78 bits per heavy atom. The number of hydrogen-bond acceptors (Lipinski definition) is 4. The molecule has 0 radical (unpaired) electrons. The van der Waals surface area contributed by atoms with E-state index in [0.717, 1.165) is 11.1 Å². The van der Waals surface area contributed by atoms with Gasteiger partial charge in [-0.3, -0.25) is 4.79 Å². The van der Waals surface area contributed by atoms with Gasteiger partial charge < -0.3 is 10.1 Å². The van der Waals surface area contributed by atoms with Crippen LogP contribution in [0.2, 0.25) is 0 Å². The summed E-state index contributed by atoms with van der Waals surface area (Å²) in [5.41, 5.74) is 2.83. The highest BCUT2D eigenvalue weighted by Gasteiger charge is 2.29. The molecule has 1 saturated heterocycles. The lowest BCUT2D eigenvalue weighted by Gasteiger charge is -2.29. The van der Waals surface area contributed by atoms with Crippen LogP contribution in [-0.2, 0) is 14.8 Å². The van der Waals surface area contributed by atoms with Gasteiger partial charge in [0.25, 0.3) is 0 Å². The number of nitrogens with one attached hydrogen (secondary N) is 1. The first kappa shape index (κ1) is 17.7. The van der Waals surface area contributed by atoms with Gasteiger partial charge in [-0.05, 0) is 49.9 Å². The van der Waals surface area contributed by atoms with Crippen LogP contribution in [0.1, 0.15) is 24.0 Å². The number of aryl methyl sites for hydroxylation is 2. The first-order chi connectivity index (χ1) is 10.7. The highest BCUT2D eigenvalue weighted by molar-refractivity contribution is 7.88. The number of piperidine rings is 1. The highest BCUT2D eigenvalue weighted by atomic mass is 32.2. The zero-order valence-corrected chi connectivity index (χ0v) is 14.9. The third-order valence-corrected chi connectivity index (χ3v) is 5.67. The molecule has 1 aromatic carbocycles. The second kappa shape index (κ2) is 6.88. The standard InChI is InChI=1S/C16H24N2O4S/c1-11-9-14(15(22-3)10-12(11)2)17-16(19)13-5-7-18(8-6-13)23(4,20)21/h9-10,13H,5-8H2,1-4H3,(H,17,19). The van der Waals surface area contributed by atoms with Gasteiger partial charge in [-0.1, -0.05) is 0 Å². The van der Waals surface area contributed by atoms with Gasteiger partial charge in [0.2, 0.25) is 15.9 Å². The minimum absolute atomic E-state index is 0.0836. The molecule has 7 heteroatoms. The SMILES string of the molecule is COc1cc(C)c(C)cc1NC(=O)C1CCN(S(C)(=O)=O)CC1. The van der Waals surface area contributed by atoms with Crippen molar-refractivity contribution in [1.29, 1.82) is 0 Å². The zero-order valence-electron chi connectivity index (χ0n) is 14.0. The molecule has 1 aromatic rings. The van der Waals surface area contributed by atoms with E-state index < -0.39 is 10.0 Å². The molecule has 6 nitrogen and oxygen atoms in total. The minimum atomic E-state index is -3.17. The Morgan fingerprint density at radius 3 is 2.30 bits per heavy atom. The van der Waals surface area contributed by atoms with Crippen LogP contribution in [0.15, 0.2) is 12.1 Å². The fourth-order valence-electron chi connectivity index (χ4n) is 2.74. The molecule has 1 aliphatic rings. The molecule has 0 atom stereocenters. The number of anilines is 1. The Morgan fingerprint density at radius 1 is 1.22 bits per heavy atom. The van der Waals surface area contributed by atoms with E-state index in [1.165, 1.54) is 10.6 Å². The maximum atomic E-state index is 12.5. The number of hydrogen-bond donors (Lipinski definition) is 1. The topological polar surface area (TPSA) is 75.7 Å². The van der Waals surface area contributed by atoms with E-state index in [9.17, 15) is 13.2 Å². The van der Waals surface area contributed by atoms with E-state index in [1.807, 2.05) is 26.0 Å². The number of amides is 1. The van der Waals surface area contributed by atoms with Crippen LogP contribution >= 0.6 is 0 Å². The summed E-state index contributed by atoms with van der Waals surface area (Å²) in [7, 11) is -1.60. The molecule has 1 heterocycles. The van der Waals surface area contributed by atoms with Gasteiger partial charge in [-0.2, -0.15) is 0 Å². The lowest BCUT2D eigenvalue weighted by atomic mass is 9.97. The van der Waals surface area contributed by atoms with Crippen LogP contribution < -0.4 is 10.1 Å². The van der Waals surface area contributed by atoms with Crippen LogP contribution in [0.3, 0.4) is 0 Å². The van der Waals surface area contributed by atoms with Crippen LogP contribution in [0.25, 0.3) is 0 Å². The van der Waals surface area contributed by atoms with Crippen molar-refractivity contribution < 1.29 is 17.9 Å². The molecule has 0 spiro atoms. The molecule has 2 rings (SSSR count). The average Bonchev–Trinajstić information content (AvgIpc) is 2.50. The highest BCUT2D eigenvalue weighted by Crippen LogP contribution is 2.29. The summed E-state index contributed by atoms with van der Waals surface area (Å²) >= 11 is 0. The summed E-state index contributed by atoms with van der Waals surface area (Å²) in [5, 5.41) is 2.92. The van der Waals surface area contributed by atoms with Crippen LogP contribution in [0, 0.1) is 19.8 Å². The molecule has 23 heavy (non-hydrogen) atoms. The van der Waals surface area contributed by atoms with Crippen molar-refractivity contribution in [2.75, 3.05) is 31.8 Å². The Labute approximate surface area is 137 Å². The summed E-state index contributed by atoms with van der Waals surface area (Å²) in [6, 6.07) is 3.80. The fourth-order valence-corrected chi connectivity index (χ4v) is 3.61. The van der Waals surface area contributed by atoms with Crippen molar-refractivity contribution in [3.05, 3.63) is 23.3 Å². The maximum Gasteiger partial charge on any atom is 0.227 e. The normalized spacial score (nSPS) is 17.0. The summed E-state index contributed by atoms with van der Waals surface area (Å²) < 4.78 is 29.8. The number of rotatable bonds is 4. The second-order valence-corrected chi connectivity index (χ2v) is 8.04. The third kappa shape index (κ3) is 4.23. The lowest BCUT2D eigenvalue weighted by molar-refractivity contribution is -0.120. The van der Waals surface area contributed by atoms with E-state index in [1.54, 1.807) is 7.11 Å². The van der Waals surface area contributed by atoms with Gasteiger partial charge in [-0.15, -0.1) is 0 Å². The zero-order chi connectivity index (χ0) is 17.2. The van der Waals surface area contributed by atoms with E-state index in [2.05, 4.69) is 5.32 Å². The quantitative estimate of drug-likeness (QED) is 0.908. The smallest absolute Gasteiger partial charge is 0.227 e. The summed E-state index contributed by atoms with van der Waals surface area (Å²) in [5.74, 6) is 0.369. The largest absolute Gasteiger partial charge is 0.495 e. The van der Waals surface area contributed by atoms with Crippen LogP contribution in [-0.4, -0.2) is 45.1 Å². The van der Waals surface area contributed by atoms with E-state index in [0.29, 0.717) is 37.4 Å². The third-order valence-electron chi connectivity index (χ3n) is 4.37. The first-order valence-corrected chi connectivity index (χ1v) is 9.48. The average molecular weight is 340 g/mol. The summed E-state index contributed by atoms with van der Waals surface area (Å²) in [6.07, 6.45) is 2.27. The van der Waals surface area contributed by atoms with E-state index in [-0.39, 0.29) is 11.8 Å². The van der Waals surface area contributed by atoms with Crippen molar-refractivity contribution in [1.82, 2.24) is 4.31 Å². The first-order valence-electron chi connectivity index (χ1n) is 7.63. The molecule has 0 unspecified atom stereocenters. The van der Waals surface area contributed by atoms with Crippen molar-refractivity contribution in [3.8, 4) is 5.75 Å². The molecule has 0 aromatic heterocycles. The Balaban J connectivity index is 2.05. The minimum Gasteiger partial charge on any atom is -0.495 e. The molecule has 0 aliphatic carbocycles. The molecule has 0 saturated carbocycles. The Hall–Kier alpha value is -1.60. The molecule has 1 amide bonds. The number of carbonyl (C=O) groups is 1. The van der Waals surface area contributed by atoms with Gasteiger partial charge in [0, 0.05) is 19.0 Å². The Bertz CT molecular complexity index is 692. The van der Waals surface area contributed by atoms with Gasteiger partial charge in [-0.25, -0.2) is 12.7 Å². The number of carbonyl (C=O) groups excluding carboxylic acids is 1. The van der Waals surface area contributed by atoms with E-state index in [4.69, 9.17) is 4.74 Å². The van der Waals surface area contributed by atoms with Crippen molar-refractivity contribution in [3.63, 3.8) is 0 Å². The molecule has 1 N–H and O–H groups in total. The predicted molar refractivity (Wildman–Crippen MR) is 90.2 cm³/mol. The monoisotopic (exact) mass is 340 g/mol. The number of sulfonamides is 1. The van der Waals surface area contributed by atoms with Gasteiger partial charge in [0.15, 0.2) is 0 Å². The fraction of sp³-hybridized carbons (Fsp3) is 0.562. The molecule has 128 valence electrons. The Kier molecular flexibility index (Phi) is 5.31. The molecule has 1 fully saturated rings. The van der Waals surface area contributed by atoms with Gasteiger partial charge in [0.1, 0.15) is 5.75 Å². The van der Waals surface area contributed by atoms with Crippen LogP contribution in [0.5, 0.6) is 5.75 Å². The summed E-state index contributed by atoms with van der Waals surface area (Å²) in [4.78, 5) is 12.5. The molecule has 1 aliphatic heterocycles. The molecular weight excluding hydrogens is 316 g/mol. The molecule has 0 bridgehead atoms. The summed E-state index contributed by atoms with van der Waals surface area (Å²) in [6.45, 7) is 4.75. The van der Waals surface area contributed by atoms with Crippen molar-refractivity contribution in [2.24, 2.45) is 5.92 Å². The number of benzene rings is 1. The van der Waals surface area contributed by atoms with E-state index >= 15 is 0 Å². The molecular formula is C16H24N2O4S. The predicted octanol–water partition coefficient (Wildman–Crippen LogP) is 1.92. The van der Waals surface area contributed by atoms with Gasteiger partial charge >= 0.3 is 0 Å². The van der Waals surface area contributed by atoms with Crippen molar-refractivity contribution in [2.45, 2.75) is 26.7 Å². The maximum absolute atomic E-state index is 12.5. The van der Waals surface area contributed by atoms with Crippen molar-refractivity contribution >= 4 is 21.6 Å². The van der Waals surface area contributed by atoms with Crippen LogP contribution in [0.4, 0.5) is 5.69 Å². The number of ether oxygens (including phenoxy) is 1. The van der Waals surface area contributed by atoms with Gasteiger partial charge in [0.05, 0.1) is 19.1 Å². The number of nitrogens with zero attached hydrogens (tertiary/aromatic N) is 1. The number of methoxy groups -OCH3 is 1. The lowest BCUT2D eigenvalue weighted by Crippen LogP contribution is -2.40. The second-order valence-electron chi connectivity index (χ2n) is 6.06.